The molecule has 0 bridgehead atoms. The standard InChI is InChI=1S/C12H16ClN5O/c1-8(2)14-5-9-4-11(15-6-10(9)13)19-12-16-7-18(3)17-12/h4,6-8,14H,5H2,1-3H3. The van der Waals surface area contributed by atoms with E-state index in [2.05, 4.69) is 34.2 Å². The number of nitrogens with zero attached hydrogens (tertiary/aromatic N) is 4. The maximum Gasteiger partial charge on any atom is 0.342 e. The van der Waals surface area contributed by atoms with E-state index in [0.717, 1.165) is 5.56 Å². The van der Waals surface area contributed by atoms with Gasteiger partial charge in [0.15, 0.2) is 0 Å². The van der Waals surface area contributed by atoms with Crippen molar-refractivity contribution in [3.8, 4) is 11.9 Å². The van der Waals surface area contributed by atoms with Gasteiger partial charge in [-0.2, -0.15) is 4.98 Å². The van der Waals surface area contributed by atoms with Crippen LogP contribution < -0.4 is 10.1 Å². The molecule has 6 nitrogen and oxygen atoms in total. The topological polar surface area (TPSA) is 64.9 Å². The number of rotatable bonds is 5. The molecular formula is C12H16ClN5O. The Kier molecular flexibility index (Phi) is 4.34. The van der Waals surface area contributed by atoms with Crippen molar-refractivity contribution in [1.29, 1.82) is 0 Å². The third-order valence-corrected chi connectivity index (χ3v) is 2.73. The molecule has 2 heterocycles. The molecule has 0 amide bonds. The molecule has 7 heteroatoms. The van der Waals surface area contributed by atoms with Crippen LogP contribution in [0.3, 0.4) is 0 Å². The van der Waals surface area contributed by atoms with Crippen molar-refractivity contribution >= 4 is 11.6 Å². The number of aryl methyl sites for hydroxylation is 1. The number of hydrogen-bond acceptors (Lipinski definition) is 5. The van der Waals surface area contributed by atoms with Crippen LogP contribution in [-0.4, -0.2) is 25.8 Å². The Morgan fingerprint density at radius 2 is 2.21 bits per heavy atom. The van der Waals surface area contributed by atoms with E-state index in [1.54, 1.807) is 30.3 Å². The first-order valence-corrected chi connectivity index (χ1v) is 6.33. The molecule has 0 unspecified atom stereocenters. The van der Waals surface area contributed by atoms with Gasteiger partial charge in [-0.05, 0) is 5.56 Å². The lowest BCUT2D eigenvalue weighted by molar-refractivity contribution is 0.421. The summed E-state index contributed by atoms with van der Waals surface area (Å²) in [6.07, 6.45) is 3.13. The lowest BCUT2D eigenvalue weighted by atomic mass is 10.2. The van der Waals surface area contributed by atoms with Gasteiger partial charge in [-0.25, -0.2) is 4.98 Å². The highest BCUT2D eigenvalue weighted by molar-refractivity contribution is 6.31. The minimum Gasteiger partial charge on any atom is -0.404 e. The van der Waals surface area contributed by atoms with Crippen molar-refractivity contribution in [2.24, 2.45) is 7.05 Å². The normalized spacial score (nSPS) is 11.0. The summed E-state index contributed by atoms with van der Waals surface area (Å²) in [5, 5.41) is 7.93. The summed E-state index contributed by atoms with van der Waals surface area (Å²) >= 11 is 6.09. The molecule has 0 aliphatic rings. The number of pyridine rings is 1. The summed E-state index contributed by atoms with van der Waals surface area (Å²) in [5.41, 5.74) is 0.927. The Balaban J connectivity index is 2.11. The Morgan fingerprint density at radius 3 is 2.84 bits per heavy atom. The second-order valence-electron chi connectivity index (χ2n) is 4.45. The maximum absolute atomic E-state index is 6.09. The van der Waals surface area contributed by atoms with Crippen LogP contribution in [0.2, 0.25) is 5.02 Å². The van der Waals surface area contributed by atoms with Gasteiger partial charge >= 0.3 is 6.01 Å². The molecule has 0 aliphatic carbocycles. The van der Waals surface area contributed by atoms with Gasteiger partial charge in [0.2, 0.25) is 5.88 Å². The molecular weight excluding hydrogens is 266 g/mol. The van der Waals surface area contributed by atoms with Crippen LogP contribution in [-0.2, 0) is 13.6 Å². The Morgan fingerprint density at radius 1 is 1.42 bits per heavy atom. The molecule has 0 atom stereocenters. The molecule has 0 aliphatic heterocycles. The van der Waals surface area contributed by atoms with Crippen molar-refractivity contribution in [2.75, 3.05) is 0 Å². The first-order chi connectivity index (χ1) is 9.04. The summed E-state index contributed by atoms with van der Waals surface area (Å²) < 4.78 is 7.02. The van der Waals surface area contributed by atoms with Crippen LogP contribution in [0.1, 0.15) is 19.4 Å². The predicted molar refractivity (Wildman–Crippen MR) is 72.3 cm³/mol. The van der Waals surface area contributed by atoms with Crippen LogP contribution in [0.15, 0.2) is 18.6 Å². The SMILES string of the molecule is CC(C)NCc1cc(Oc2ncn(C)n2)ncc1Cl. The molecule has 102 valence electrons. The van der Waals surface area contributed by atoms with E-state index >= 15 is 0 Å². The molecule has 0 fully saturated rings. The third kappa shape index (κ3) is 3.90. The smallest absolute Gasteiger partial charge is 0.342 e. The van der Waals surface area contributed by atoms with Gasteiger partial charge in [0.05, 0.1) is 5.02 Å². The highest BCUT2D eigenvalue weighted by Gasteiger charge is 2.08. The van der Waals surface area contributed by atoms with E-state index in [-0.39, 0.29) is 6.01 Å². The molecule has 2 aromatic rings. The second kappa shape index (κ2) is 5.99. The van der Waals surface area contributed by atoms with Gasteiger partial charge in [-0.3, -0.25) is 4.68 Å². The molecule has 0 saturated carbocycles. The fourth-order valence-electron chi connectivity index (χ4n) is 1.42. The van der Waals surface area contributed by atoms with Crippen LogP contribution >= 0.6 is 11.6 Å². The third-order valence-electron chi connectivity index (χ3n) is 2.38. The van der Waals surface area contributed by atoms with Gasteiger partial charge in [0.25, 0.3) is 0 Å². The summed E-state index contributed by atoms with van der Waals surface area (Å²) in [4.78, 5) is 8.08. The van der Waals surface area contributed by atoms with Crippen molar-refractivity contribution in [2.45, 2.75) is 26.4 Å². The highest BCUT2D eigenvalue weighted by atomic mass is 35.5. The minimum absolute atomic E-state index is 0.264. The minimum atomic E-state index is 0.264. The van der Waals surface area contributed by atoms with Gasteiger partial charge in [-0.1, -0.05) is 25.4 Å². The Hall–Kier alpha value is -1.66. The summed E-state index contributed by atoms with van der Waals surface area (Å²) in [6.45, 7) is 4.81. The van der Waals surface area contributed by atoms with Crippen LogP contribution in [0.5, 0.6) is 11.9 Å². The summed E-state index contributed by atoms with van der Waals surface area (Å²) in [7, 11) is 1.77. The van der Waals surface area contributed by atoms with Crippen molar-refractivity contribution < 1.29 is 4.74 Å². The fraction of sp³-hybridized carbons (Fsp3) is 0.417. The monoisotopic (exact) mass is 281 g/mol. The van der Waals surface area contributed by atoms with Crippen molar-refractivity contribution in [1.82, 2.24) is 25.1 Å². The zero-order chi connectivity index (χ0) is 13.8. The predicted octanol–water partition coefficient (Wildman–Crippen LogP) is 2.15. The Bertz CT molecular complexity index is 555. The quantitative estimate of drug-likeness (QED) is 0.910. The van der Waals surface area contributed by atoms with E-state index in [4.69, 9.17) is 16.3 Å². The molecule has 2 rings (SSSR count). The molecule has 0 radical (unpaired) electrons. The number of hydrogen-bond donors (Lipinski definition) is 1. The van der Waals surface area contributed by atoms with Crippen molar-refractivity contribution in [3.05, 3.63) is 29.2 Å². The highest BCUT2D eigenvalue weighted by Crippen LogP contribution is 2.21. The zero-order valence-electron chi connectivity index (χ0n) is 11.1. The lowest BCUT2D eigenvalue weighted by Gasteiger charge is -2.10. The maximum atomic E-state index is 6.09. The second-order valence-corrected chi connectivity index (χ2v) is 4.86. The largest absolute Gasteiger partial charge is 0.404 e. The molecule has 19 heavy (non-hydrogen) atoms. The zero-order valence-corrected chi connectivity index (χ0v) is 11.8. The van der Waals surface area contributed by atoms with E-state index in [1.807, 2.05) is 0 Å². The van der Waals surface area contributed by atoms with Gasteiger partial charge < -0.3 is 10.1 Å². The van der Waals surface area contributed by atoms with Crippen LogP contribution in [0.25, 0.3) is 0 Å². The van der Waals surface area contributed by atoms with E-state index in [0.29, 0.717) is 23.5 Å². The summed E-state index contributed by atoms with van der Waals surface area (Å²) in [6, 6.07) is 2.43. The number of aromatic nitrogens is 4. The lowest BCUT2D eigenvalue weighted by Crippen LogP contribution is -2.22. The molecule has 1 N–H and O–H groups in total. The fourth-order valence-corrected chi connectivity index (χ4v) is 1.59. The number of ether oxygens (including phenoxy) is 1. The van der Waals surface area contributed by atoms with E-state index in [9.17, 15) is 0 Å². The number of nitrogens with one attached hydrogen (secondary N) is 1. The average molecular weight is 282 g/mol. The molecule has 2 aromatic heterocycles. The number of halogens is 1. The molecule has 0 aromatic carbocycles. The van der Waals surface area contributed by atoms with Gasteiger partial charge in [-0.15, -0.1) is 5.10 Å². The van der Waals surface area contributed by atoms with Gasteiger partial charge in [0, 0.05) is 31.9 Å². The first kappa shape index (κ1) is 13.8. The van der Waals surface area contributed by atoms with E-state index < -0.39 is 0 Å². The van der Waals surface area contributed by atoms with Gasteiger partial charge in [0.1, 0.15) is 6.33 Å². The molecule has 0 spiro atoms. The van der Waals surface area contributed by atoms with Crippen molar-refractivity contribution in [3.63, 3.8) is 0 Å². The van der Waals surface area contributed by atoms with E-state index in [1.165, 1.54) is 0 Å². The Labute approximate surface area is 116 Å². The molecule has 0 saturated heterocycles. The average Bonchev–Trinajstić information content (AvgIpc) is 2.75. The first-order valence-electron chi connectivity index (χ1n) is 5.96. The van der Waals surface area contributed by atoms with Crippen LogP contribution in [0.4, 0.5) is 0 Å². The summed E-state index contributed by atoms with van der Waals surface area (Å²) in [5.74, 6) is 0.427. The van der Waals surface area contributed by atoms with Crippen LogP contribution in [0, 0.1) is 0 Å².